The number of carbonyl (C=O) groups is 1. The monoisotopic (exact) mass is 411 g/mol. The van der Waals surface area contributed by atoms with Crippen molar-refractivity contribution in [3.63, 3.8) is 0 Å². The lowest BCUT2D eigenvalue weighted by atomic mass is 10.1. The molecular formula is C17H15BrClNO4. The molecule has 1 N–H and O–H groups in total. The summed E-state index contributed by atoms with van der Waals surface area (Å²) >= 11 is 9.37. The minimum absolute atomic E-state index is 0.115. The van der Waals surface area contributed by atoms with Crippen LogP contribution in [0, 0.1) is 0 Å². The van der Waals surface area contributed by atoms with Gasteiger partial charge in [-0.3, -0.25) is 4.79 Å². The van der Waals surface area contributed by atoms with E-state index in [4.69, 9.17) is 25.8 Å². The third-order valence-corrected chi connectivity index (χ3v) is 4.32. The minimum Gasteiger partial charge on any atom is -0.482 e. The van der Waals surface area contributed by atoms with Crippen molar-refractivity contribution in [2.24, 2.45) is 0 Å². The Hall–Kier alpha value is -1.92. The highest BCUT2D eigenvalue weighted by Gasteiger charge is 2.17. The molecule has 0 saturated heterocycles. The van der Waals surface area contributed by atoms with Crippen LogP contribution in [0.2, 0.25) is 5.02 Å². The molecule has 5 nitrogen and oxygen atoms in total. The van der Waals surface area contributed by atoms with E-state index in [0.29, 0.717) is 22.3 Å². The Bertz CT molecular complexity index is 768. The van der Waals surface area contributed by atoms with Gasteiger partial charge in [0.2, 0.25) is 6.79 Å². The Labute approximate surface area is 153 Å². The highest BCUT2D eigenvalue weighted by Crippen LogP contribution is 2.34. The van der Waals surface area contributed by atoms with Crippen molar-refractivity contribution in [3.8, 4) is 17.2 Å². The van der Waals surface area contributed by atoms with Crippen LogP contribution in [0.4, 0.5) is 0 Å². The first-order valence-corrected chi connectivity index (χ1v) is 8.47. The summed E-state index contributed by atoms with van der Waals surface area (Å²) in [6.07, 6.45) is 0. The fourth-order valence-electron chi connectivity index (χ4n) is 2.28. The summed E-state index contributed by atoms with van der Waals surface area (Å²) in [6.45, 7) is 2.00. The zero-order valence-electron chi connectivity index (χ0n) is 12.8. The number of amides is 1. The smallest absolute Gasteiger partial charge is 0.258 e. The Kier molecular flexibility index (Phi) is 5.16. The largest absolute Gasteiger partial charge is 0.482 e. The summed E-state index contributed by atoms with van der Waals surface area (Å²) in [5.74, 6) is 1.63. The average Bonchev–Trinajstić information content (AvgIpc) is 3.01. The SMILES string of the molecule is C[C@H](NC(=O)COc1ccc(Br)cc1Cl)c1ccc2c(c1)OCO2. The van der Waals surface area contributed by atoms with E-state index in [1.54, 1.807) is 18.2 Å². The fraction of sp³-hybridized carbons (Fsp3) is 0.235. The van der Waals surface area contributed by atoms with E-state index in [1.165, 1.54) is 0 Å². The molecule has 0 radical (unpaired) electrons. The second-order valence-corrected chi connectivity index (χ2v) is 6.59. The fourth-order valence-corrected chi connectivity index (χ4v) is 3.01. The van der Waals surface area contributed by atoms with Gasteiger partial charge in [0.15, 0.2) is 18.1 Å². The van der Waals surface area contributed by atoms with Crippen molar-refractivity contribution in [2.75, 3.05) is 13.4 Å². The molecule has 0 aromatic heterocycles. The van der Waals surface area contributed by atoms with Gasteiger partial charge in [0, 0.05) is 4.47 Å². The molecule has 0 spiro atoms. The number of benzene rings is 2. The number of fused-ring (bicyclic) bond motifs is 1. The van der Waals surface area contributed by atoms with E-state index >= 15 is 0 Å². The van der Waals surface area contributed by atoms with Crippen molar-refractivity contribution in [2.45, 2.75) is 13.0 Å². The maximum Gasteiger partial charge on any atom is 0.258 e. The van der Waals surface area contributed by atoms with Crippen molar-refractivity contribution >= 4 is 33.4 Å². The van der Waals surface area contributed by atoms with Crippen molar-refractivity contribution in [1.29, 1.82) is 0 Å². The van der Waals surface area contributed by atoms with E-state index in [-0.39, 0.29) is 25.3 Å². The summed E-state index contributed by atoms with van der Waals surface area (Å²) in [6, 6.07) is 10.6. The first-order chi connectivity index (χ1) is 11.5. The van der Waals surface area contributed by atoms with Gasteiger partial charge in [-0.15, -0.1) is 0 Å². The summed E-state index contributed by atoms with van der Waals surface area (Å²) < 4.78 is 16.9. The zero-order valence-corrected chi connectivity index (χ0v) is 15.2. The quantitative estimate of drug-likeness (QED) is 0.804. The lowest BCUT2D eigenvalue weighted by Crippen LogP contribution is -2.31. The maximum atomic E-state index is 12.1. The lowest BCUT2D eigenvalue weighted by molar-refractivity contribution is -0.123. The Balaban J connectivity index is 1.56. The Morgan fingerprint density at radius 3 is 2.88 bits per heavy atom. The number of nitrogens with one attached hydrogen (secondary N) is 1. The Morgan fingerprint density at radius 1 is 1.29 bits per heavy atom. The van der Waals surface area contributed by atoms with Gasteiger partial charge in [-0.2, -0.15) is 0 Å². The van der Waals surface area contributed by atoms with E-state index in [0.717, 1.165) is 10.0 Å². The number of ether oxygens (including phenoxy) is 3. The van der Waals surface area contributed by atoms with Crippen LogP contribution in [0.3, 0.4) is 0 Å². The molecule has 3 rings (SSSR count). The summed E-state index contributed by atoms with van der Waals surface area (Å²) in [7, 11) is 0. The van der Waals surface area contributed by atoms with Gasteiger partial charge < -0.3 is 19.5 Å². The van der Waals surface area contributed by atoms with Crippen LogP contribution in [-0.4, -0.2) is 19.3 Å². The lowest BCUT2D eigenvalue weighted by Gasteiger charge is -2.15. The Morgan fingerprint density at radius 2 is 2.08 bits per heavy atom. The van der Waals surface area contributed by atoms with Gasteiger partial charge in [-0.1, -0.05) is 33.6 Å². The third kappa shape index (κ3) is 3.94. The third-order valence-electron chi connectivity index (χ3n) is 3.53. The molecule has 0 saturated carbocycles. The van der Waals surface area contributed by atoms with Gasteiger partial charge >= 0.3 is 0 Å². The van der Waals surface area contributed by atoms with Crippen LogP contribution in [0.25, 0.3) is 0 Å². The summed E-state index contributed by atoms with van der Waals surface area (Å²) in [5, 5.41) is 3.32. The number of rotatable bonds is 5. The van der Waals surface area contributed by atoms with Gasteiger partial charge in [0.25, 0.3) is 5.91 Å². The predicted octanol–water partition coefficient (Wildman–Crippen LogP) is 4.09. The topological polar surface area (TPSA) is 56.8 Å². The molecule has 2 aromatic rings. The van der Waals surface area contributed by atoms with Crippen LogP contribution in [-0.2, 0) is 4.79 Å². The van der Waals surface area contributed by atoms with Crippen molar-refractivity contribution in [3.05, 3.63) is 51.5 Å². The minimum atomic E-state index is -0.237. The molecule has 0 unspecified atom stereocenters. The number of hydrogen-bond acceptors (Lipinski definition) is 4. The molecule has 0 aliphatic carbocycles. The maximum absolute atomic E-state index is 12.1. The van der Waals surface area contributed by atoms with Crippen LogP contribution >= 0.6 is 27.5 Å². The number of carbonyl (C=O) groups excluding carboxylic acids is 1. The molecular weight excluding hydrogens is 398 g/mol. The van der Waals surface area contributed by atoms with Crippen molar-refractivity contribution < 1.29 is 19.0 Å². The molecule has 7 heteroatoms. The molecule has 24 heavy (non-hydrogen) atoms. The predicted molar refractivity (Wildman–Crippen MR) is 93.8 cm³/mol. The molecule has 0 bridgehead atoms. The molecule has 0 fully saturated rings. The molecule has 1 heterocycles. The van der Waals surface area contributed by atoms with E-state index in [9.17, 15) is 4.79 Å². The second kappa shape index (κ2) is 7.32. The number of halogens is 2. The van der Waals surface area contributed by atoms with Crippen LogP contribution in [0.5, 0.6) is 17.2 Å². The van der Waals surface area contributed by atoms with Gasteiger partial charge in [0.1, 0.15) is 5.75 Å². The second-order valence-electron chi connectivity index (χ2n) is 5.27. The van der Waals surface area contributed by atoms with Gasteiger partial charge in [-0.25, -0.2) is 0 Å². The van der Waals surface area contributed by atoms with Gasteiger partial charge in [0.05, 0.1) is 11.1 Å². The first kappa shape index (κ1) is 16.9. The number of hydrogen-bond donors (Lipinski definition) is 1. The first-order valence-electron chi connectivity index (χ1n) is 7.29. The zero-order chi connectivity index (χ0) is 17.1. The summed E-state index contributed by atoms with van der Waals surface area (Å²) in [4.78, 5) is 12.1. The standard InChI is InChI=1S/C17H15BrClNO4/c1-10(11-2-4-15-16(6-11)24-9-23-15)20-17(21)8-22-14-5-3-12(18)7-13(14)19/h2-7,10H,8-9H2,1H3,(H,20,21)/t10-/m0/s1. The molecule has 1 amide bonds. The van der Waals surface area contributed by atoms with E-state index in [2.05, 4.69) is 21.2 Å². The van der Waals surface area contributed by atoms with Crippen LogP contribution in [0.1, 0.15) is 18.5 Å². The molecule has 1 atom stereocenters. The molecule has 2 aromatic carbocycles. The average molecular weight is 413 g/mol. The highest BCUT2D eigenvalue weighted by molar-refractivity contribution is 9.10. The normalized spacial score (nSPS) is 13.5. The van der Waals surface area contributed by atoms with E-state index < -0.39 is 0 Å². The molecule has 1 aliphatic rings. The molecule has 126 valence electrons. The highest BCUT2D eigenvalue weighted by atomic mass is 79.9. The van der Waals surface area contributed by atoms with Crippen LogP contribution in [0.15, 0.2) is 40.9 Å². The molecule has 1 aliphatic heterocycles. The van der Waals surface area contributed by atoms with Gasteiger partial charge in [-0.05, 0) is 42.8 Å². The van der Waals surface area contributed by atoms with Crippen molar-refractivity contribution in [1.82, 2.24) is 5.32 Å². The van der Waals surface area contributed by atoms with E-state index in [1.807, 2.05) is 25.1 Å². The summed E-state index contributed by atoms with van der Waals surface area (Å²) in [5.41, 5.74) is 0.925. The van der Waals surface area contributed by atoms with Crippen LogP contribution < -0.4 is 19.5 Å².